The van der Waals surface area contributed by atoms with Crippen LogP contribution in [0.15, 0.2) is 109 Å². The third-order valence-corrected chi connectivity index (χ3v) is 12.2. The first-order chi connectivity index (χ1) is 35.0. The third kappa shape index (κ3) is 56.9. The van der Waals surface area contributed by atoms with E-state index >= 15 is 0 Å². The van der Waals surface area contributed by atoms with E-state index in [1.54, 1.807) is 0 Å². The van der Waals surface area contributed by atoms with Gasteiger partial charge in [0.15, 0.2) is 6.10 Å². The Hall–Kier alpha value is -3.93. The number of carbonyl (C=O) groups is 3. The highest BCUT2D eigenvalue weighted by Gasteiger charge is 2.19. The molecule has 71 heavy (non-hydrogen) atoms. The predicted molar refractivity (Wildman–Crippen MR) is 307 cm³/mol. The van der Waals surface area contributed by atoms with Gasteiger partial charge in [-0.05, 0) is 122 Å². The van der Waals surface area contributed by atoms with E-state index in [9.17, 15) is 14.4 Å². The fourth-order valence-corrected chi connectivity index (χ4v) is 7.77. The minimum atomic E-state index is -0.833. The Morgan fingerprint density at radius 1 is 0.282 bits per heavy atom. The molecule has 0 aromatic rings. The van der Waals surface area contributed by atoms with Crippen molar-refractivity contribution in [3.05, 3.63) is 109 Å². The lowest BCUT2D eigenvalue weighted by Gasteiger charge is -2.18. The van der Waals surface area contributed by atoms with E-state index in [0.29, 0.717) is 19.3 Å². The highest BCUT2D eigenvalue weighted by molar-refractivity contribution is 5.71. The summed E-state index contributed by atoms with van der Waals surface area (Å²) in [7, 11) is 0. The van der Waals surface area contributed by atoms with Crippen LogP contribution in [-0.4, -0.2) is 37.2 Å². The van der Waals surface area contributed by atoms with Gasteiger partial charge in [0.1, 0.15) is 13.2 Å². The molecule has 0 heterocycles. The molecular weight excluding hydrogens is 877 g/mol. The van der Waals surface area contributed by atoms with Crippen molar-refractivity contribution in [2.24, 2.45) is 0 Å². The minimum Gasteiger partial charge on any atom is -0.462 e. The molecule has 0 aliphatic heterocycles. The second-order valence-electron chi connectivity index (χ2n) is 19.2. The second-order valence-corrected chi connectivity index (χ2v) is 19.2. The van der Waals surface area contributed by atoms with Gasteiger partial charge in [-0.1, -0.05) is 233 Å². The number of hydrogen-bond acceptors (Lipinski definition) is 6. The lowest BCUT2D eigenvalue weighted by molar-refractivity contribution is -0.167. The SMILES string of the molecule is CCCCC/C=C\C/C=C\C/C=C\C/C=C\CCCC(=O)OCC(COC(=O)CCCCCCCCC/C=C\CCCCCCCCCC)OC(=O)CCC/C=C\C/C=C\C/C=C\C/C=C\CCCCC. The van der Waals surface area contributed by atoms with Gasteiger partial charge in [0.2, 0.25) is 0 Å². The molecule has 1 unspecified atom stereocenters. The zero-order valence-corrected chi connectivity index (χ0v) is 46.2. The summed E-state index contributed by atoms with van der Waals surface area (Å²) in [5.41, 5.74) is 0. The van der Waals surface area contributed by atoms with Crippen LogP contribution in [0.4, 0.5) is 0 Å². The molecule has 0 aliphatic rings. The first kappa shape index (κ1) is 67.1. The first-order valence-electron chi connectivity index (χ1n) is 29.4. The van der Waals surface area contributed by atoms with Crippen LogP contribution in [0.5, 0.6) is 0 Å². The van der Waals surface area contributed by atoms with Crippen molar-refractivity contribution in [1.29, 1.82) is 0 Å². The van der Waals surface area contributed by atoms with E-state index in [0.717, 1.165) is 70.6 Å². The van der Waals surface area contributed by atoms with Gasteiger partial charge >= 0.3 is 17.9 Å². The first-order valence-corrected chi connectivity index (χ1v) is 29.4. The zero-order valence-electron chi connectivity index (χ0n) is 46.2. The second kappa shape index (κ2) is 58.6. The fourth-order valence-electron chi connectivity index (χ4n) is 7.77. The average molecular weight is 986 g/mol. The summed E-state index contributed by atoms with van der Waals surface area (Å²) in [4.78, 5) is 38.2. The number of hydrogen-bond donors (Lipinski definition) is 0. The van der Waals surface area contributed by atoms with Gasteiger partial charge in [0, 0.05) is 19.3 Å². The zero-order chi connectivity index (χ0) is 51.4. The van der Waals surface area contributed by atoms with Crippen molar-refractivity contribution in [2.45, 2.75) is 271 Å². The van der Waals surface area contributed by atoms with Gasteiger partial charge in [-0.2, -0.15) is 0 Å². The largest absolute Gasteiger partial charge is 0.462 e. The Morgan fingerprint density at radius 2 is 0.521 bits per heavy atom. The van der Waals surface area contributed by atoms with Crippen molar-refractivity contribution >= 4 is 17.9 Å². The fraction of sp³-hybridized carbons (Fsp3) is 0.677. The molecule has 0 radical (unpaired) electrons. The van der Waals surface area contributed by atoms with Crippen LogP contribution < -0.4 is 0 Å². The van der Waals surface area contributed by atoms with Crippen molar-refractivity contribution < 1.29 is 28.6 Å². The molecule has 404 valence electrons. The van der Waals surface area contributed by atoms with Crippen LogP contribution in [0, 0.1) is 0 Å². The Bertz CT molecular complexity index is 1460. The smallest absolute Gasteiger partial charge is 0.306 e. The number of rotatable bonds is 52. The molecule has 0 rings (SSSR count). The molecule has 0 fully saturated rings. The van der Waals surface area contributed by atoms with Crippen LogP contribution >= 0.6 is 0 Å². The van der Waals surface area contributed by atoms with E-state index in [-0.39, 0.29) is 44.0 Å². The van der Waals surface area contributed by atoms with Crippen LogP contribution in [0.25, 0.3) is 0 Å². The molecule has 0 saturated heterocycles. The summed E-state index contributed by atoms with van der Waals surface area (Å²) in [6.45, 7) is 6.49. The Morgan fingerprint density at radius 3 is 0.887 bits per heavy atom. The lowest BCUT2D eigenvalue weighted by atomic mass is 10.1. The van der Waals surface area contributed by atoms with Crippen LogP contribution in [0.2, 0.25) is 0 Å². The number of esters is 3. The molecule has 0 spiro atoms. The predicted octanol–water partition coefficient (Wildman–Crippen LogP) is 19.9. The molecule has 0 amide bonds. The maximum atomic E-state index is 12.8. The van der Waals surface area contributed by atoms with E-state index in [2.05, 4.69) is 130 Å². The average Bonchev–Trinajstić information content (AvgIpc) is 3.37. The van der Waals surface area contributed by atoms with Crippen LogP contribution in [0.3, 0.4) is 0 Å². The van der Waals surface area contributed by atoms with Crippen molar-refractivity contribution in [2.75, 3.05) is 13.2 Å². The molecule has 0 N–H and O–H groups in total. The number of ether oxygens (including phenoxy) is 3. The van der Waals surface area contributed by atoms with Gasteiger partial charge in [-0.15, -0.1) is 0 Å². The maximum Gasteiger partial charge on any atom is 0.306 e. The third-order valence-electron chi connectivity index (χ3n) is 12.2. The molecule has 6 heteroatoms. The van der Waals surface area contributed by atoms with Crippen LogP contribution in [0.1, 0.15) is 265 Å². The number of carbonyl (C=O) groups excluding carboxylic acids is 3. The minimum absolute atomic E-state index is 0.120. The monoisotopic (exact) mass is 985 g/mol. The van der Waals surface area contributed by atoms with Crippen molar-refractivity contribution in [3.8, 4) is 0 Å². The molecule has 0 aliphatic carbocycles. The van der Waals surface area contributed by atoms with Gasteiger partial charge in [0.25, 0.3) is 0 Å². The molecule has 6 nitrogen and oxygen atoms in total. The highest BCUT2D eigenvalue weighted by atomic mass is 16.6. The normalized spacial score (nSPS) is 12.9. The van der Waals surface area contributed by atoms with Gasteiger partial charge in [0.05, 0.1) is 0 Å². The number of allylic oxidation sites excluding steroid dienone is 18. The maximum absolute atomic E-state index is 12.8. The lowest BCUT2D eigenvalue weighted by Crippen LogP contribution is -2.30. The summed E-state index contributed by atoms with van der Waals surface area (Å²) < 4.78 is 16.8. The molecular formula is C65H108O6. The molecule has 0 saturated carbocycles. The van der Waals surface area contributed by atoms with E-state index in [4.69, 9.17) is 14.2 Å². The van der Waals surface area contributed by atoms with E-state index < -0.39 is 6.10 Å². The Kier molecular flexibility index (Phi) is 55.4. The molecule has 0 aromatic carbocycles. The summed E-state index contributed by atoms with van der Waals surface area (Å²) in [6.07, 6.45) is 79.5. The summed E-state index contributed by atoms with van der Waals surface area (Å²) in [5, 5.41) is 0. The topological polar surface area (TPSA) is 78.9 Å². The summed E-state index contributed by atoms with van der Waals surface area (Å²) >= 11 is 0. The Balaban J connectivity index is 4.55. The van der Waals surface area contributed by atoms with Crippen LogP contribution in [-0.2, 0) is 28.6 Å². The highest BCUT2D eigenvalue weighted by Crippen LogP contribution is 2.14. The molecule has 1 atom stereocenters. The summed E-state index contributed by atoms with van der Waals surface area (Å²) in [6, 6.07) is 0. The quantitative estimate of drug-likeness (QED) is 0.0261. The molecule has 0 aromatic heterocycles. The summed E-state index contributed by atoms with van der Waals surface area (Å²) in [5.74, 6) is -1.04. The van der Waals surface area contributed by atoms with Crippen molar-refractivity contribution in [3.63, 3.8) is 0 Å². The van der Waals surface area contributed by atoms with Gasteiger partial charge in [-0.3, -0.25) is 14.4 Å². The van der Waals surface area contributed by atoms with Gasteiger partial charge < -0.3 is 14.2 Å². The Labute approximate surface area is 438 Å². The standard InChI is InChI=1S/C65H108O6/c1-4-7-10-13-16-19-22-25-28-31-32-35-37-40-43-46-49-52-55-58-64(67)70-61-62(71-65(68)59-56-53-50-47-44-41-38-34-30-27-24-21-18-15-12-9-6-3)60-69-63(66)57-54-51-48-45-42-39-36-33-29-26-23-20-17-14-11-8-5-2/h17-18,20-21,26-27,29-32,36,38-39,41,45,47-48,50,62H,4-16,19,22-25,28,33-35,37,40,42-44,46,49,51-61H2,1-3H3/b20-17-,21-18-,29-26-,30-27-,32-31-,39-36-,41-38-,48-45-,50-47-. The van der Waals surface area contributed by atoms with E-state index in [1.807, 2.05) is 0 Å². The number of unbranched alkanes of at least 4 members (excludes halogenated alkanes) is 23. The molecule has 0 bridgehead atoms. The van der Waals surface area contributed by atoms with E-state index in [1.165, 1.54) is 141 Å². The van der Waals surface area contributed by atoms with Gasteiger partial charge in [-0.25, -0.2) is 0 Å². The van der Waals surface area contributed by atoms with Crippen molar-refractivity contribution in [1.82, 2.24) is 0 Å².